The largest absolute Gasteiger partial charge is 1.00 e. The van der Waals surface area contributed by atoms with Gasteiger partial charge in [-0.2, -0.15) is 0 Å². The smallest absolute Gasteiger partial charge is 0.247 e. The Morgan fingerprint density at radius 1 is 1.15 bits per heavy atom. The van der Waals surface area contributed by atoms with Crippen LogP contribution < -0.4 is 22.3 Å². The lowest BCUT2D eigenvalue weighted by atomic mass is 10.1. The maximum absolute atomic E-state index is 11.6. The molecule has 0 aliphatic carbocycles. The van der Waals surface area contributed by atoms with Gasteiger partial charge in [-0.3, -0.25) is 4.79 Å². The van der Waals surface area contributed by atoms with E-state index in [0.717, 1.165) is 23.9 Å². The lowest BCUT2D eigenvalue weighted by Crippen LogP contribution is -3.00. The number of carbonyl (C=O) groups excluding carboxylic acids is 1. The molecule has 0 aromatic rings. The molecule has 1 amide bonds. The molecule has 4 heteroatoms. The predicted molar refractivity (Wildman–Crippen MR) is 82.8 cm³/mol. The van der Waals surface area contributed by atoms with Crippen molar-refractivity contribution in [1.82, 2.24) is 5.32 Å². The van der Waals surface area contributed by atoms with Gasteiger partial charge in [-0.1, -0.05) is 46.1 Å². The Labute approximate surface area is 136 Å². The number of unbranched alkanes of at least 4 members (excludes halogenated alkanes) is 4. The molecule has 0 aromatic heterocycles. The van der Waals surface area contributed by atoms with E-state index in [9.17, 15) is 4.79 Å². The number of hydrogen-bond acceptors (Lipinski definition) is 1. The molecule has 0 rings (SSSR count). The molecular formula is C16H33BrN2O. The summed E-state index contributed by atoms with van der Waals surface area (Å²) < 4.78 is 0.851. The Hall–Kier alpha value is -0.350. The molecule has 0 aliphatic rings. The van der Waals surface area contributed by atoms with Gasteiger partial charge in [0.15, 0.2) is 6.17 Å². The molecule has 0 heterocycles. The monoisotopic (exact) mass is 348 g/mol. The minimum absolute atomic E-state index is 0. The van der Waals surface area contributed by atoms with E-state index in [2.05, 4.69) is 39.8 Å². The molecule has 120 valence electrons. The summed E-state index contributed by atoms with van der Waals surface area (Å²) in [4.78, 5) is 11.6. The summed E-state index contributed by atoms with van der Waals surface area (Å²) in [5.74, 6) is -0.0548. The highest BCUT2D eigenvalue weighted by Gasteiger charge is 2.27. The highest BCUT2D eigenvalue weighted by atomic mass is 79.9. The Balaban J connectivity index is 0. The number of halogens is 1. The number of hydrogen-bond donors (Lipinski definition) is 1. The number of rotatable bonds is 11. The van der Waals surface area contributed by atoms with Crippen molar-refractivity contribution < 1.29 is 26.3 Å². The van der Waals surface area contributed by atoms with Gasteiger partial charge < -0.3 is 26.8 Å². The van der Waals surface area contributed by atoms with Gasteiger partial charge in [0.05, 0.1) is 20.6 Å². The number of nitrogens with one attached hydrogen (secondary N) is 1. The fraction of sp³-hybridized carbons (Fsp3) is 0.812. The van der Waals surface area contributed by atoms with Crippen molar-refractivity contribution in [3.05, 3.63) is 12.7 Å². The molecule has 0 spiro atoms. The summed E-state index contributed by atoms with van der Waals surface area (Å²) in [6.45, 7) is 9.04. The summed E-state index contributed by atoms with van der Waals surface area (Å²) in [5, 5.41) is 3.10. The molecule has 0 bridgehead atoms. The first-order chi connectivity index (χ1) is 8.97. The second-order valence-electron chi connectivity index (χ2n) is 5.93. The van der Waals surface area contributed by atoms with Gasteiger partial charge in [0.2, 0.25) is 5.91 Å². The number of quaternary nitrogens is 1. The SMILES string of the molecule is C=CC(=O)NC(CCCCCCC)[N+](C)(C)CCC.[Br-]. The van der Waals surface area contributed by atoms with Crippen LogP contribution in [0.2, 0.25) is 0 Å². The van der Waals surface area contributed by atoms with Crippen molar-refractivity contribution in [1.29, 1.82) is 0 Å². The Morgan fingerprint density at radius 3 is 2.25 bits per heavy atom. The zero-order chi connectivity index (χ0) is 14.7. The molecule has 1 atom stereocenters. The predicted octanol–water partition coefficient (Wildman–Crippen LogP) is 0.466. The van der Waals surface area contributed by atoms with Gasteiger partial charge >= 0.3 is 0 Å². The molecule has 0 saturated heterocycles. The zero-order valence-corrected chi connectivity index (χ0v) is 15.3. The second-order valence-corrected chi connectivity index (χ2v) is 5.93. The van der Waals surface area contributed by atoms with Crippen LogP contribution in [0, 0.1) is 0 Å². The first-order valence-corrected chi connectivity index (χ1v) is 7.73. The third kappa shape index (κ3) is 9.54. The van der Waals surface area contributed by atoms with Crippen molar-refractivity contribution in [3.8, 4) is 0 Å². The topological polar surface area (TPSA) is 29.1 Å². The lowest BCUT2D eigenvalue weighted by molar-refractivity contribution is -0.917. The van der Waals surface area contributed by atoms with E-state index in [1.807, 2.05) is 0 Å². The van der Waals surface area contributed by atoms with Gasteiger partial charge in [-0.25, -0.2) is 0 Å². The highest BCUT2D eigenvalue weighted by molar-refractivity contribution is 5.86. The molecule has 1 unspecified atom stereocenters. The molecule has 20 heavy (non-hydrogen) atoms. The van der Waals surface area contributed by atoms with Gasteiger partial charge in [0, 0.05) is 6.42 Å². The van der Waals surface area contributed by atoms with Gasteiger partial charge in [-0.15, -0.1) is 0 Å². The molecule has 0 radical (unpaired) electrons. The quantitative estimate of drug-likeness (QED) is 0.250. The molecule has 1 N–H and O–H groups in total. The summed E-state index contributed by atoms with van der Waals surface area (Å²) >= 11 is 0. The first-order valence-electron chi connectivity index (χ1n) is 7.73. The summed E-state index contributed by atoms with van der Waals surface area (Å²) in [7, 11) is 4.40. The average Bonchev–Trinajstić information content (AvgIpc) is 2.36. The fourth-order valence-corrected chi connectivity index (χ4v) is 2.49. The van der Waals surface area contributed by atoms with Crippen molar-refractivity contribution >= 4 is 5.91 Å². The minimum Gasteiger partial charge on any atom is -1.00 e. The van der Waals surface area contributed by atoms with Gasteiger partial charge in [0.25, 0.3) is 0 Å². The summed E-state index contributed by atoms with van der Waals surface area (Å²) in [6, 6.07) is 0. The zero-order valence-electron chi connectivity index (χ0n) is 13.8. The van der Waals surface area contributed by atoms with E-state index in [1.165, 1.54) is 38.2 Å². The highest BCUT2D eigenvalue weighted by Crippen LogP contribution is 2.14. The lowest BCUT2D eigenvalue weighted by Gasteiger charge is -2.38. The van der Waals surface area contributed by atoms with Crippen molar-refractivity contribution in [2.45, 2.75) is 65.0 Å². The first kappa shape index (κ1) is 21.9. The van der Waals surface area contributed by atoms with Crippen LogP contribution in [0.3, 0.4) is 0 Å². The normalized spacial score (nSPS) is 12.4. The molecule has 3 nitrogen and oxygen atoms in total. The molecular weight excluding hydrogens is 316 g/mol. The molecule has 0 aliphatic heterocycles. The Bertz CT molecular complexity index is 267. The standard InChI is InChI=1S/C16H32N2O.BrH/c1-6-9-10-11-12-13-15(17-16(19)8-3)18(4,5)14-7-2;/h8,15H,3,6-7,9-14H2,1-2,4-5H3;1H. The van der Waals surface area contributed by atoms with E-state index in [4.69, 9.17) is 0 Å². The maximum Gasteiger partial charge on any atom is 0.247 e. The Morgan fingerprint density at radius 2 is 1.75 bits per heavy atom. The summed E-state index contributed by atoms with van der Waals surface area (Å²) in [5.41, 5.74) is 0. The van der Waals surface area contributed by atoms with E-state index in [0.29, 0.717) is 0 Å². The number of carbonyl (C=O) groups is 1. The third-order valence-corrected chi connectivity index (χ3v) is 3.72. The van der Waals surface area contributed by atoms with Crippen LogP contribution >= 0.6 is 0 Å². The summed E-state index contributed by atoms with van der Waals surface area (Å²) in [6.07, 6.45) is 10.1. The molecule has 0 saturated carbocycles. The average molecular weight is 349 g/mol. The van der Waals surface area contributed by atoms with Crippen molar-refractivity contribution in [2.24, 2.45) is 0 Å². The Kier molecular flexibility index (Phi) is 13.6. The molecule has 0 fully saturated rings. The van der Waals surface area contributed by atoms with E-state index in [1.54, 1.807) is 0 Å². The van der Waals surface area contributed by atoms with Crippen LogP contribution in [-0.2, 0) is 4.79 Å². The molecule has 0 aromatic carbocycles. The van der Waals surface area contributed by atoms with E-state index < -0.39 is 0 Å². The second kappa shape index (κ2) is 12.4. The van der Waals surface area contributed by atoms with Crippen molar-refractivity contribution in [3.63, 3.8) is 0 Å². The maximum atomic E-state index is 11.6. The van der Waals surface area contributed by atoms with Gasteiger partial charge in [-0.05, 0) is 18.9 Å². The minimum atomic E-state index is -0.0548. The third-order valence-electron chi connectivity index (χ3n) is 3.72. The van der Waals surface area contributed by atoms with E-state index in [-0.39, 0.29) is 29.1 Å². The van der Waals surface area contributed by atoms with E-state index >= 15 is 0 Å². The van der Waals surface area contributed by atoms with Crippen LogP contribution in [0.25, 0.3) is 0 Å². The van der Waals surface area contributed by atoms with Crippen LogP contribution in [0.1, 0.15) is 58.8 Å². The van der Waals surface area contributed by atoms with Crippen molar-refractivity contribution in [2.75, 3.05) is 20.6 Å². The van der Waals surface area contributed by atoms with Crippen LogP contribution in [0.5, 0.6) is 0 Å². The number of nitrogens with zero attached hydrogens (tertiary/aromatic N) is 1. The van der Waals surface area contributed by atoms with Crippen LogP contribution in [0.4, 0.5) is 0 Å². The van der Waals surface area contributed by atoms with Gasteiger partial charge in [0.1, 0.15) is 0 Å². The fourth-order valence-electron chi connectivity index (χ4n) is 2.49. The number of amides is 1. The van der Waals surface area contributed by atoms with Crippen LogP contribution in [0.15, 0.2) is 12.7 Å². The van der Waals surface area contributed by atoms with Crippen LogP contribution in [-0.4, -0.2) is 37.2 Å².